The fourth-order valence-electron chi connectivity index (χ4n) is 2.74. The van der Waals surface area contributed by atoms with Gasteiger partial charge in [-0.25, -0.2) is 4.98 Å². The minimum atomic E-state index is -0.535. The molecular weight excluding hydrogens is 370 g/mol. The van der Waals surface area contributed by atoms with Crippen molar-refractivity contribution in [3.05, 3.63) is 88.5 Å². The number of rotatable bonds is 4. The molecule has 0 aliphatic carbocycles. The van der Waals surface area contributed by atoms with E-state index in [1.807, 2.05) is 6.07 Å². The first-order valence-electron chi connectivity index (χ1n) is 8.56. The first kappa shape index (κ1) is 17.9. The maximum absolute atomic E-state index is 12.5. The molecule has 1 amide bonds. The zero-order valence-electron chi connectivity index (χ0n) is 14.9. The molecule has 3 aromatic heterocycles. The summed E-state index contributed by atoms with van der Waals surface area (Å²) in [7, 11) is 0. The van der Waals surface area contributed by atoms with Crippen LogP contribution in [0.4, 0.5) is 5.82 Å². The third-order valence-electron chi connectivity index (χ3n) is 4.12. The van der Waals surface area contributed by atoms with Crippen LogP contribution in [0.5, 0.6) is 0 Å². The number of carbonyl (C=O) groups excluding carboxylic acids is 1. The molecule has 0 spiro atoms. The molecule has 0 radical (unpaired) electrons. The molecule has 0 saturated carbocycles. The van der Waals surface area contributed by atoms with Crippen LogP contribution in [0.25, 0.3) is 22.9 Å². The first-order valence-corrected chi connectivity index (χ1v) is 8.56. The normalized spacial score (nSPS) is 10.9. The van der Waals surface area contributed by atoms with Crippen LogP contribution in [-0.4, -0.2) is 20.7 Å². The number of aromatic nitrogens is 3. The third kappa shape index (κ3) is 3.52. The maximum atomic E-state index is 12.5. The summed E-state index contributed by atoms with van der Waals surface area (Å²) in [5, 5.41) is 16.4. The van der Waals surface area contributed by atoms with Crippen LogP contribution in [0.15, 0.2) is 76.4 Å². The molecule has 8 nitrogen and oxygen atoms in total. The summed E-state index contributed by atoms with van der Waals surface area (Å²) >= 11 is 0. The number of benzene rings is 1. The quantitative estimate of drug-likeness (QED) is 0.542. The average molecular weight is 383 g/mol. The van der Waals surface area contributed by atoms with E-state index < -0.39 is 5.91 Å². The molecule has 0 unspecified atom stereocenters. The Hall–Kier alpha value is -4.51. The Balaban J connectivity index is 1.61. The smallest absolute Gasteiger partial charge is 0.249 e. The lowest BCUT2D eigenvalue weighted by Crippen LogP contribution is -2.14. The van der Waals surface area contributed by atoms with Crippen LogP contribution < -0.4 is 10.7 Å². The molecule has 1 aromatic carbocycles. The molecule has 29 heavy (non-hydrogen) atoms. The summed E-state index contributed by atoms with van der Waals surface area (Å²) in [5.41, 5.74) is 0.643. The van der Waals surface area contributed by atoms with Crippen LogP contribution in [-0.2, 0) is 4.79 Å². The number of nitriles is 1. The summed E-state index contributed by atoms with van der Waals surface area (Å²) in [6.07, 6.45) is 6.77. The Bertz CT molecular complexity index is 1330. The minimum Gasteiger partial charge on any atom is -0.463 e. The summed E-state index contributed by atoms with van der Waals surface area (Å²) in [6.45, 7) is 0. The summed E-state index contributed by atoms with van der Waals surface area (Å²) < 4.78 is 6.78. The topological polar surface area (TPSA) is 114 Å². The molecule has 0 aliphatic rings. The van der Waals surface area contributed by atoms with Crippen molar-refractivity contribution < 1.29 is 9.21 Å². The van der Waals surface area contributed by atoms with Gasteiger partial charge < -0.3 is 9.73 Å². The molecule has 140 valence electrons. The van der Waals surface area contributed by atoms with Gasteiger partial charge in [0.15, 0.2) is 17.1 Å². The Kier molecular flexibility index (Phi) is 4.70. The van der Waals surface area contributed by atoms with Crippen molar-refractivity contribution in [2.75, 3.05) is 5.32 Å². The zero-order chi connectivity index (χ0) is 20.2. The molecule has 0 saturated heterocycles. The van der Waals surface area contributed by atoms with Crippen molar-refractivity contribution in [3.8, 4) is 11.9 Å². The molecule has 0 fully saturated rings. The van der Waals surface area contributed by atoms with E-state index in [1.54, 1.807) is 48.7 Å². The van der Waals surface area contributed by atoms with Crippen molar-refractivity contribution in [1.29, 1.82) is 5.26 Å². The van der Waals surface area contributed by atoms with Gasteiger partial charge in [0, 0.05) is 12.3 Å². The van der Waals surface area contributed by atoms with E-state index in [4.69, 9.17) is 4.42 Å². The lowest BCUT2D eigenvalue weighted by atomic mass is 10.1. The van der Waals surface area contributed by atoms with Crippen LogP contribution in [0.3, 0.4) is 0 Å². The summed E-state index contributed by atoms with van der Waals surface area (Å²) in [6, 6.07) is 14.0. The number of nitrogens with one attached hydrogen (secondary N) is 1. The summed E-state index contributed by atoms with van der Waals surface area (Å²) in [4.78, 5) is 29.1. The van der Waals surface area contributed by atoms with Crippen molar-refractivity contribution in [2.45, 2.75) is 0 Å². The van der Waals surface area contributed by atoms with Crippen LogP contribution in [0.2, 0.25) is 0 Å². The first-order chi connectivity index (χ1) is 14.2. The second kappa shape index (κ2) is 7.62. The summed E-state index contributed by atoms with van der Waals surface area (Å²) in [5.74, 6) is 0.0987. The van der Waals surface area contributed by atoms with E-state index >= 15 is 0 Å². The van der Waals surface area contributed by atoms with Gasteiger partial charge in [0.05, 0.1) is 17.1 Å². The largest absolute Gasteiger partial charge is 0.463 e. The van der Waals surface area contributed by atoms with Gasteiger partial charge in [-0.3, -0.25) is 9.59 Å². The van der Waals surface area contributed by atoms with Crippen molar-refractivity contribution in [3.63, 3.8) is 0 Å². The molecule has 0 bridgehead atoms. The van der Waals surface area contributed by atoms with Crippen molar-refractivity contribution in [2.24, 2.45) is 0 Å². The number of hydrogen-bond acceptors (Lipinski definition) is 6. The molecule has 8 heteroatoms. The number of para-hydroxylation sites is 1. The van der Waals surface area contributed by atoms with E-state index in [0.29, 0.717) is 16.8 Å². The lowest BCUT2D eigenvalue weighted by Gasteiger charge is -2.07. The van der Waals surface area contributed by atoms with Gasteiger partial charge in [0.2, 0.25) is 5.91 Å². The SMILES string of the molecule is N#Cc1cnn(-c2ccccn2)c1NC(=O)/C=C/c1coc2ccccc2c1=O. The molecule has 1 N–H and O–H groups in total. The van der Waals surface area contributed by atoms with E-state index in [9.17, 15) is 14.9 Å². The molecule has 0 atom stereocenters. The van der Waals surface area contributed by atoms with Gasteiger partial charge in [-0.15, -0.1) is 0 Å². The zero-order valence-corrected chi connectivity index (χ0v) is 14.9. The number of pyridine rings is 1. The second-order valence-corrected chi connectivity index (χ2v) is 5.96. The molecule has 4 aromatic rings. The Morgan fingerprint density at radius 1 is 1.21 bits per heavy atom. The van der Waals surface area contributed by atoms with Crippen LogP contribution in [0, 0.1) is 11.3 Å². The molecule has 0 aliphatic heterocycles. The highest BCUT2D eigenvalue weighted by Gasteiger charge is 2.14. The standard InChI is InChI=1S/C21H13N5O3/c22-11-15-12-24-26(18-7-3-4-10-23-18)21(15)25-19(27)9-8-14-13-29-17-6-2-1-5-16(17)20(14)28/h1-10,12-13H,(H,25,27)/b9-8+. The fourth-order valence-corrected chi connectivity index (χ4v) is 2.74. The number of anilines is 1. The highest BCUT2D eigenvalue weighted by Crippen LogP contribution is 2.18. The van der Waals surface area contributed by atoms with E-state index in [-0.39, 0.29) is 22.4 Å². The minimum absolute atomic E-state index is 0.183. The highest BCUT2D eigenvalue weighted by atomic mass is 16.3. The van der Waals surface area contributed by atoms with E-state index in [2.05, 4.69) is 15.4 Å². The van der Waals surface area contributed by atoms with Crippen LogP contribution >= 0.6 is 0 Å². The molecule has 4 rings (SSSR count). The Morgan fingerprint density at radius 3 is 2.83 bits per heavy atom. The number of carbonyl (C=O) groups is 1. The predicted octanol–water partition coefficient (Wildman–Crippen LogP) is 2.90. The van der Waals surface area contributed by atoms with Gasteiger partial charge in [-0.2, -0.15) is 15.0 Å². The Labute approximate surface area is 164 Å². The van der Waals surface area contributed by atoms with E-state index in [0.717, 1.165) is 0 Å². The van der Waals surface area contributed by atoms with Gasteiger partial charge in [-0.1, -0.05) is 18.2 Å². The third-order valence-corrected chi connectivity index (χ3v) is 4.12. The van der Waals surface area contributed by atoms with Crippen molar-refractivity contribution in [1.82, 2.24) is 14.8 Å². The lowest BCUT2D eigenvalue weighted by molar-refractivity contribution is -0.111. The van der Waals surface area contributed by atoms with Gasteiger partial charge in [0.1, 0.15) is 23.5 Å². The number of nitrogens with zero attached hydrogens (tertiary/aromatic N) is 4. The monoisotopic (exact) mass is 383 g/mol. The number of amides is 1. The number of hydrogen-bond donors (Lipinski definition) is 1. The average Bonchev–Trinajstić information content (AvgIpc) is 3.16. The van der Waals surface area contributed by atoms with Gasteiger partial charge >= 0.3 is 0 Å². The fraction of sp³-hybridized carbons (Fsp3) is 0. The Morgan fingerprint density at radius 2 is 2.03 bits per heavy atom. The van der Waals surface area contributed by atoms with Gasteiger partial charge in [0.25, 0.3) is 0 Å². The van der Waals surface area contributed by atoms with Gasteiger partial charge in [-0.05, 0) is 30.3 Å². The van der Waals surface area contributed by atoms with Crippen molar-refractivity contribution >= 4 is 28.8 Å². The molecular formula is C21H13N5O3. The maximum Gasteiger partial charge on any atom is 0.249 e. The second-order valence-electron chi connectivity index (χ2n) is 5.96. The predicted molar refractivity (Wildman–Crippen MR) is 106 cm³/mol. The highest BCUT2D eigenvalue weighted by molar-refractivity contribution is 6.02. The molecule has 3 heterocycles. The van der Waals surface area contributed by atoms with Crippen LogP contribution in [0.1, 0.15) is 11.1 Å². The van der Waals surface area contributed by atoms with E-state index in [1.165, 1.54) is 29.3 Å². The number of fused-ring (bicyclic) bond motifs is 1.